The number of carbonyl (C=O) groups excluding carboxylic acids is 2. The highest BCUT2D eigenvalue weighted by Crippen LogP contribution is 2.37. The maximum atomic E-state index is 13.0. The van der Waals surface area contributed by atoms with E-state index in [1.54, 1.807) is 6.07 Å². The van der Waals surface area contributed by atoms with Crippen LogP contribution in [0.1, 0.15) is 42.1 Å². The standard InChI is InChI=1S/C19H20ClN3O5/c1-3-10(2)16(12-5-4-6-13(17(12)24)18(21)25)19(26)22-15-8-7-11(23(27)28)9-14(15)20/h4-10,16,24H,3H2,1-2H3,(H2,21,25)(H,22,26)/t10-,16+/m1/s1. The molecule has 0 saturated heterocycles. The predicted octanol–water partition coefficient (Wildman–Crippen LogP) is 3.82. The number of nitrogens with one attached hydrogen (secondary N) is 1. The number of phenols is 1. The van der Waals surface area contributed by atoms with E-state index in [-0.39, 0.29) is 39.2 Å². The van der Waals surface area contributed by atoms with Crippen LogP contribution in [0.15, 0.2) is 36.4 Å². The molecule has 2 aromatic rings. The molecule has 28 heavy (non-hydrogen) atoms. The van der Waals surface area contributed by atoms with E-state index in [1.165, 1.54) is 24.3 Å². The van der Waals surface area contributed by atoms with Gasteiger partial charge in [-0.05, 0) is 18.1 Å². The van der Waals surface area contributed by atoms with Crippen LogP contribution in [0.25, 0.3) is 0 Å². The summed E-state index contributed by atoms with van der Waals surface area (Å²) >= 11 is 6.05. The van der Waals surface area contributed by atoms with E-state index in [9.17, 15) is 24.8 Å². The van der Waals surface area contributed by atoms with Crippen LogP contribution in [-0.2, 0) is 4.79 Å². The molecule has 9 heteroatoms. The van der Waals surface area contributed by atoms with Crippen molar-refractivity contribution < 1.29 is 19.6 Å². The number of primary amides is 1. The second kappa shape index (κ2) is 8.71. The fraction of sp³-hybridized carbons (Fsp3) is 0.263. The zero-order valence-corrected chi connectivity index (χ0v) is 16.1. The smallest absolute Gasteiger partial charge is 0.271 e. The molecule has 148 valence electrons. The normalized spacial score (nSPS) is 12.8. The fourth-order valence-corrected chi connectivity index (χ4v) is 3.10. The molecule has 4 N–H and O–H groups in total. The van der Waals surface area contributed by atoms with Gasteiger partial charge in [0.1, 0.15) is 5.75 Å². The van der Waals surface area contributed by atoms with Gasteiger partial charge in [0, 0.05) is 17.7 Å². The number of hydrogen-bond acceptors (Lipinski definition) is 5. The number of halogens is 1. The first-order chi connectivity index (χ1) is 13.2. The Morgan fingerprint density at radius 2 is 2.00 bits per heavy atom. The number of hydrogen-bond donors (Lipinski definition) is 3. The summed E-state index contributed by atoms with van der Waals surface area (Å²) in [5.74, 6) is -2.60. The summed E-state index contributed by atoms with van der Waals surface area (Å²) in [6.07, 6.45) is 0.617. The summed E-state index contributed by atoms with van der Waals surface area (Å²) in [4.78, 5) is 34.7. The lowest BCUT2D eigenvalue weighted by Gasteiger charge is -2.24. The first kappa shape index (κ1) is 21.2. The third kappa shape index (κ3) is 4.40. The van der Waals surface area contributed by atoms with E-state index in [2.05, 4.69) is 5.32 Å². The molecule has 2 amide bonds. The summed E-state index contributed by atoms with van der Waals surface area (Å²) in [5.41, 5.74) is 5.47. The van der Waals surface area contributed by atoms with Gasteiger partial charge in [-0.1, -0.05) is 44.0 Å². The third-order valence-corrected chi connectivity index (χ3v) is 4.90. The van der Waals surface area contributed by atoms with Crippen molar-refractivity contribution in [2.24, 2.45) is 11.7 Å². The molecule has 0 unspecified atom stereocenters. The number of nitrogens with zero attached hydrogens (tertiary/aromatic N) is 1. The van der Waals surface area contributed by atoms with E-state index in [4.69, 9.17) is 17.3 Å². The van der Waals surface area contributed by atoms with Gasteiger partial charge in [-0.3, -0.25) is 19.7 Å². The van der Waals surface area contributed by atoms with Gasteiger partial charge in [0.25, 0.3) is 11.6 Å². The minimum atomic E-state index is -0.805. The summed E-state index contributed by atoms with van der Waals surface area (Å²) < 4.78 is 0. The molecule has 0 aliphatic rings. The van der Waals surface area contributed by atoms with Crippen LogP contribution < -0.4 is 11.1 Å². The Balaban J connectivity index is 2.42. The first-order valence-corrected chi connectivity index (χ1v) is 8.91. The highest BCUT2D eigenvalue weighted by molar-refractivity contribution is 6.34. The molecular weight excluding hydrogens is 386 g/mol. The van der Waals surface area contributed by atoms with E-state index in [0.29, 0.717) is 6.42 Å². The number of benzene rings is 2. The molecule has 2 atom stereocenters. The van der Waals surface area contributed by atoms with Crippen LogP contribution in [0.3, 0.4) is 0 Å². The van der Waals surface area contributed by atoms with E-state index in [0.717, 1.165) is 6.07 Å². The lowest BCUT2D eigenvalue weighted by atomic mass is 9.83. The number of rotatable bonds is 7. The Morgan fingerprint density at radius 3 is 2.54 bits per heavy atom. The lowest BCUT2D eigenvalue weighted by Crippen LogP contribution is -2.27. The largest absolute Gasteiger partial charge is 0.507 e. The van der Waals surface area contributed by atoms with Crippen molar-refractivity contribution in [2.75, 3.05) is 5.32 Å². The Hall–Kier alpha value is -3.13. The zero-order valence-electron chi connectivity index (χ0n) is 15.3. The quantitative estimate of drug-likeness (QED) is 0.475. The van der Waals surface area contributed by atoms with Crippen molar-refractivity contribution in [3.05, 3.63) is 62.7 Å². The Bertz CT molecular complexity index is 932. The molecule has 0 aromatic heterocycles. The highest BCUT2D eigenvalue weighted by atomic mass is 35.5. The molecule has 0 fully saturated rings. The summed E-state index contributed by atoms with van der Waals surface area (Å²) in [5, 5.41) is 23.9. The maximum absolute atomic E-state index is 13.0. The van der Waals surface area contributed by atoms with Crippen molar-refractivity contribution in [3.8, 4) is 5.75 Å². The number of non-ortho nitro benzene ring substituents is 1. The number of nitrogens with two attached hydrogens (primary N) is 1. The Labute approximate surface area is 166 Å². The third-order valence-electron chi connectivity index (χ3n) is 4.58. The van der Waals surface area contributed by atoms with Crippen molar-refractivity contribution in [1.29, 1.82) is 0 Å². The summed E-state index contributed by atoms with van der Waals surface area (Å²) in [6, 6.07) is 8.17. The minimum Gasteiger partial charge on any atom is -0.507 e. The lowest BCUT2D eigenvalue weighted by molar-refractivity contribution is -0.384. The molecule has 2 rings (SSSR count). The molecule has 0 saturated carbocycles. The van der Waals surface area contributed by atoms with E-state index < -0.39 is 22.7 Å². The number of para-hydroxylation sites is 1. The average Bonchev–Trinajstić information content (AvgIpc) is 2.64. The molecule has 0 heterocycles. The van der Waals surface area contributed by atoms with Crippen molar-refractivity contribution in [1.82, 2.24) is 0 Å². The van der Waals surface area contributed by atoms with E-state index in [1.807, 2.05) is 13.8 Å². The fourth-order valence-electron chi connectivity index (χ4n) is 2.88. The molecule has 2 aromatic carbocycles. The molecule has 0 aliphatic heterocycles. The van der Waals surface area contributed by atoms with Crippen LogP contribution in [0.2, 0.25) is 5.02 Å². The zero-order chi connectivity index (χ0) is 21.0. The number of aromatic hydroxyl groups is 1. The minimum absolute atomic E-state index is 0.0144. The number of amides is 2. The topological polar surface area (TPSA) is 136 Å². The Morgan fingerprint density at radius 1 is 1.32 bits per heavy atom. The highest BCUT2D eigenvalue weighted by Gasteiger charge is 2.30. The van der Waals surface area contributed by atoms with Crippen molar-refractivity contribution >= 4 is 34.8 Å². The molecule has 0 spiro atoms. The van der Waals surface area contributed by atoms with Crippen molar-refractivity contribution in [2.45, 2.75) is 26.2 Å². The number of nitro benzene ring substituents is 1. The van der Waals surface area contributed by atoms with Crippen LogP contribution >= 0.6 is 11.6 Å². The number of carbonyl (C=O) groups is 2. The van der Waals surface area contributed by atoms with Crippen LogP contribution in [0, 0.1) is 16.0 Å². The molecule has 8 nitrogen and oxygen atoms in total. The molecule has 0 bridgehead atoms. The number of nitro groups is 1. The van der Waals surface area contributed by atoms with Gasteiger partial charge in [0.2, 0.25) is 5.91 Å². The summed E-state index contributed by atoms with van der Waals surface area (Å²) in [7, 11) is 0. The van der Waals surface area contributed by atoms with E-state index >= 15 is 0 Å². The van der Waals surface area contributed by atoms with Gasteiger partial charge in [-0.15, -0.1) is 0 Å². The second-order valence-corrected chi connectivity index (χ2v) is 6.79. The monoisotopic (exact) mass is 405 g/mol. The van der Waals surface area contributed by atoms with Gasteiger partial charge in [0.15, 0.2) is 0 Å². The Kier molecular flexibility index (Phi) is 6.58. The van der Waals surface area contributed by atoms with Crippen LogP contribution in [0.4, 0.5) is 11.4 Å². The van der Waals surface area contributed by atoms with Crippen molar-refractivity contribution in [3.63, 3.8) is 0 Å². The predicted molar refractivity (Wildman–Crippen MR) is 106 cm³/mol. The maximum Gasteiger partial charge on any atom is 0.271 e. The van der Waals surface area contributed by atoms with Gasteiger partial charge in [-0.25, -0.2) is 0 Å². The van der Waals surface area contributed by atoms with Gasteiger partial charge < -0.3 is 16.2 Å². The van der Waals surface area contributed by atoms with Gasteiger partial charge >= 0.3 is 0 Å². The average molecular weight is 406 g/mol. The number of anilines is 1. The van der Waals surface area contributed by atoms with Crippen LogP contribution in [-0.4, -0.2) is 21.8 Å². The van der Waals surface area contributed by atoms with Gasteiger partial charge in [-0.2, -0.15) is 0 Å². The van der Waals surface area contributed by atoms with Crippen LogP contribution in [0.5, 0.6) is 5.75 Å². The molecule has 0 aliphatic carbocycles. The SMILES string of the molecule is CC[C@@H](C)[C@H](C(=O)Nc1ccc([N+](=O)[O-])cc1Cl)c1cccc(C(N)=O)c1O. The second-order valence-electron chi connectivity index (χ2n) is 6.38. The first-order valence-electron chi connectivity index (χ1n) is 8.53. The molecule has 0 radical (unpaired) electrons. The molecular formula is C19H20ClN3O5. The van der Waals surface area contributed by atoms with Gasteiger partial charge in [0.05, 0.1) is 27.1 Å². The summed E-state index contributed by atoms with van der Waals surface area (Å²) in [6.45, 7) is 3.72.